The van der Waals surface area contributed by atoms with Crippen molar-refractivity contribution in [2.45, 2.75) is 12.7 Å². The zero-order valence-corrected chi connectivity index (χ0v) is 15.9. The molecule has 1 saturated heterocycles. The number of amidine groups is 1. The van der Waals surface area contributed by atoms with Crippen molar-refractivity contribution in [3.05, 3.63) is 57.0 Å². The lowest BCUT2D eigenvalue weighted by molar-refractivity contribution is -0.146. The number of halogens is 6. The maximum Gasteiger partial charge on any atom is 0.455 e. The third kappa shape index (κ3) is 4.51. The molecule has 1 aromatic carbocycles. The Morgan fingerprint density at radius 3 is 2.72 bits per heavy atom. The smallest absolute Gasteiger partial charge is 0.367 e. The largest absolute Gasteiger partial charge is 0.455 e. The van der Waals surface area contributed by atoms with Crippen molar-refractivity contribution in [1.82, 2.24) is 20.4 Å². The Labute approximate surface area is 171 Å². The number of aromatic nitrogens is 2. The predicted octanol–water partition coefficient (Wildman–Crippen LogP) is 3.87. The van der Waals surface area contributed by atoms with E-state index in [0.29, 0.717) is 13.1 Å². The maximum atomic E-state index is 13.8. The fourth-order valence-electron chi connectivity index (χ4n) is 2.56. The molecule has 154 valence electrons. The van der Waals surface area contributed by atoms with Crippen LogP contribution in [0.1, 0.15) is 17.3 Å². The number of hydrogen-bond acceptors (Lipinski definition) is 6. The maximum absolute atomic E-state index is 13.8. The molecule has 0 aliphatic carbocycles. The molecule has 7 nitrogen and oxygen atoms in total. The molecule has 29 heavy (non-hydrogen) atoms. The second-order valence-corrected chi connectivity index (χ2v) is 6.69. The van der Waals surface area contributed by atoms with E-state index in [2.05, 4.69) is 20.0 Å². The summed E-state index contributed by atoms with van der Waals surface area (Å²) in [4.78, 5) is 4.73. The van der Waals surface area contributed by atoms with Crippen LogP contribution in [0.2, 0.25) is 10.0 Å². The minimum absolute atomic E-state index is 0.0102. The van der Waals surface area contributed by atoms with E-state index >= 15 is 0 Å². The highest BCUT2D eigenvalue weighted by Crippen LogP contribution is 2.30. The average Bonchev–Trinajstić information content (AvgIpc) is 3.15. The van der Waals surface area contributed by atoms with Crippen LogP contribution in [-0.2, 0) is 12.7 Å². The number of allylic oxidation sites excluding steroid dienone is 1. The van der Waals surface area contributed by atoms with Gasteiger partial charge in [0.05, 0.1) is 10.7 Å². The minimum atomic E-state index is -4.81. The van der Waals surface area contributed by atoms with E-state index in [-0.39, 0.29) is 33.7 Å². The average molecular weight is 451 g/mol. The summed E-state index contributed by atoms with van der Waals surface area (Å²) in [7, 11) is 0. The first-order valence-electron chi connectivity index (χ1n) is 7.99. The third-order valence-electron chi connectivity index (χ3n) is 3.96. The number of rotatable bonds is 4. The topological polar surface area (TPSA) is 102 Å². The van der Waals surface area contributed by atoms with Gasteiger partial charge >= 0.3 is 6.18 Å². The molecule has 0 bridgehead atoms. The Hall–Kier alpha value is -2.66. The van der Waals surface area contributed by atoms with Crippen molar-refractivity contribution in [2.24, 2.45) is 0 Å². The molecule has 0 amide bonds. The van der Waals surface area contributed by atoms with Gasteiger partial charge < -0.3 is 14.7 Å². The van der Waals surface area contributed by atoms with Crippen LogP contribution in [0.4, 0.5) is 17.6 Å². The molecule has 0 unspecified atom stereocenters. The van der Waals surface area contributed by atoms with Crippen LogP contribution in [0, 0.1) is 16.6 Å². The second kappa shape index (κ2) is 7.99. The van der Waals surface area contributed by atoms with Gasteiger partial charge in [-0.15, -0.1) is 0 Å². The summed E-state index contributed by atoms with van der Waals surface area (Å²) in [6.45, 7) is 0.714. The van der Waals surface area contributed by atoms with E-state index in [1.807, 2.05) is 0 Å². The number of alkyl halides is 3. The first-order chi connectivity index (χ1) is 13.6. The molecule has 1 aliphatic heterocycles. The number of nitrogens with zero attached hydrogens (tertiary/aromatic N) is 3. The van der Waals surface area contributed by atoms with Gasteiger partial charge in [0.1, 0.15) is 17.4 Å². The normalized spacial score (nSPS) is 16.3. The highest BCUT2D eigenvalue weighted by molar-refractivity contribution is 6.36. The number of nitrogens with one attached hydrogen (secondary N) is 3. The lowest BCUT2D eigenvalue weighted by Gasteiger charge is -2.33. The van der Waals surface area contributed by atoms with Gasteiger partial charge in [-0.3, -0.25) is 10.8 Å². The van der Waals surface area contributed by atoms with Crippen LogP contribution >= 0.6 is 23.2 Å². The number of hydrogen-bond donors (Lipinski definition) is 3. The zero-order chi connectivity index (χ0) is 21.3. The lowest BCUT2D eigenvalue weighted by Crippen LogP contribution is -2.45. The third-order valence-corrected chi connectivity index (χ3v) is 4.72. The van der Waals surface area contributed by atoms with Gasteiger partial charge in [-0.1, -0.05) is 28.4 Å². The van der Waals surface area contributed by atoms with E-state index in [1.54, 1.807) is 4.90 Å². The molecule has 1 aliphatic rings. The Morgan fingerprint density at radius 2 is 2.07 bits per heavy atom. The summed E-state index contributed by atoms with van der Waals surface area (Å²) in [5.41, 5.74) is -0.111. The van der Waals surface area contributed by atoms with Gasteiger partial charge in [0.2, 0.25) is 0 Å². The Balaban J connectivity index is 1.91. The van der Waals surface area contributed by atoms with E-state index in [4.69, 9.17) is 34.0 Å². The predicted molar refractivity (Wildman–Crippen MR) is 96.8 cm³/mol. The van der Waals surface area contributed by atoms with Gasteiger partial charge in [-0.25, -0.2) is 4.39 Å². The fraction of sp³-hybridized carbons (Fsp3) is 0.250. The Morgan fingerprint density at radius 1 is 1.34 bits per heavy atom. The quantitative estimate of drug-likeness (QED) is 0.372. The molecule has 0 spiro atoms. The zero-order valence-electron chi connectivity index (χ0n) is 14.4. The van der Waals surface area contributed by atoms with Crippen molar-refractivity contribution in [1.29, 1.82) is 10.8 Å². The standard InChI is InChI=1S/C16H12Cl2F4N6O/c17-8-1-2-9(19)12(18)7(8)6-28-4-3-25-13(24)11(28)5-10(23)14-26-15(27-29-14)16(20,21)22/h1-2,5,23H,3-4,6H2,(H2,24,25)/b11-5+,23-10?. The molecule has 3 rings (SSSR count). The number of piperazine rings is 1. The first kappa shape index (κ1) is 21.1. The van der Waals surface area contributed by atoms with Crippen LogP contribution in [0.25, 0.3) is 0 Å². The van der Waals surface area contributed by atoms with Gasteiger partial charge in [0, 0.05) is 30.2 Å². The van der Waals surface area contributed by atoms with E-state index in [9.17, 15) is 17.6 Å². The lowest BCUT2D eigenvalue weighted by atomic mass is 10.1. The molecule has 1 aromatic heterocycles. The molecule has 1 fully saturated rings. The summed E-state index contributed by atoms with van der Waals surface area (Å²) < 4.78 is 56.1. The molecule has 0 radical (unpaired) electrons. The highest BCUT2D eigenvalue weighted by atomic mass is 35.5. The summed E-state index contributed by atoms with van der Waals surface area (Å²) in [6, 6.07) is 2.46. The van der Waals surface area contributed by atoms with Gasteiger partial charge in [0.25, 0.3) is 11.7 Å². The van der Waals surface area contributed by atoms with Crippen LogP contribution in [0.3, 0.4) is 0 Å². The number of benzene rings is 1. The summed E-state index contributed by atoms with van der Waals surface area (Å²) in [5, 5.41) is 21.6. The van der Waals surface area contributed by atoms with Crippen LogP contribution in [0.5, 0.6) is 0 Å². The Bertz CT molecular complexity index is 1000. The molecular weight excluding hydrogens is 439 g/mol. The molecule has 3 N–H and O–H groups in total. The minimum Gasteiger partial charge on any atom is -0.367 e. The molecule has 2 aromatic rings. The van der Waals surface area contributed by atoms with Gasteiger partial charge in [-0.2, -0.15) is 18.2 Å². The van der Waals surface area contributed by atoms with Crippen molar-refractivity contribution < 1.29 is 22.1 Å². The van der Waals surface area contributed by atoms with Gasteiger partial charge in [0.15, 0.2) is 0 Å². The van der Waals surface area contributed by atoms with Gasteiger partial charge in [-0.05, 0) is 18.2 Å². The first-order valence-corrected chi connectivity index (χ1v) is 8.75. The van der Waals surface area contributed by atoms with E-state index < -0.39 is 29.4 Å². The highest BCUT2D eigenvalue weighted by Gasteiger charge is 2.37. The summed E-state index contributed by atoms with van der Waals surface area (Å²) in [6.07, 6.45) is -3.71. The van der Waals surface area contributed by atoms with Crippen molar-refractivity contribution in [3.8, 4) is 0 Å². The van der Waals surface area contributed by atoms with Crippen LogP contribution < -0.4 is 5.32 Å². The van der Waals surface area contributed by atoms with E-state index in [0.717, 1.165) is 12.1 Å². The molecule has 0 atom stereocenters. The van der Waals surface area contributed by atoms with E-state index in [1.165, 1.54) is 6.07 Å². The van der Waals surface area contributed by atoms with Crippen LogP contribution in [-0.4, -0.2) is 39.7 Å². The molecule has 13 heteroatoms. The van der Waals surface area contributed by atoms with Crippen molar-refractivity contribution in [2.75, 3.05) is 13.1 Å². The SMILES string of the molecule is N=C1NCCN(Cc2c(Cl)ccc(F)c2Cl)/C1=C/C(=N)c1nc(C(F)(F)F)no1. The summed E-state index contributed by atoms with van der Waals surface area (Å²) >= 11 is 12.1. The molecular formula is C16H12Cl2F4N6O. The van der Waals surface area contributed by atoms with Crippen molar-refractivity contribution >= 4 is 34.7 Å². The molecule has 2 heterocycles. The van der Waals surface area contributed by atoms with Crippen molar-refractivity contribution in [3.63, 3.8) is 0 Å². The Kier molecular flexibility index (Phi) is 5.80. The molecule has 0 saturated carbocycles. The fourth-order valence-corrected chi connectivity index (χ4v) is 3.05. The monoisotopic (exact) mass is 450 g/mol. The summed E-state index contributed by atoms with van der Waals surface area (Å²) in [5.74, 6) is -2.94. The van der Waals surface area contributed by atoms with Crippen LogP contribution in [0.15, 0.2) is 28.4 Å². The second-order valence-electron chi connectivity index (χ2n) is 5.91.